The number of anilines is 1. The second-order valence-corrected chi connectivity index (χ2v) is 5.71. The van der Waals surface area contributed by atoms with Gasteiger partial charge in [-0.15, -0.1) is 23.1 Å². The maximum Gasteiger partial charge on any atom is 0.236 e. The molecule has 6 heteroatoms. The van der Waals surface area contributed by atoms with Crippen molar-refractivity contribution in [3.05, 3.63) is 35.3 Å². The lowest BCUT2D eigenvalue weighted by Gasteiger charge is -2.03. The van der Waals surface area contributed by atoms with E-state index < -0.39 is 0 Å². The molecule has 19 heavy (non-hydrogen) atoms. The predicted octanol–water partition coefficient (Wildman–Crippen LogP) is 3.19. The normalized spacial score (nSPS) is 10.2. The number of aromatic nitrogens is 1. The monoisotopic (exact) mass is 294 g/mol. The standard InChI is InChI=1S/C13H14N2O2S2/c1-9-7-19-13(14-9)15-12(16)8-18-11-5-3-10(17-2)4-6-11/h3-7H,8H2,1-2H3,(H,14,15,16). The lowest BCUT2D eigenvalue weighted by molar-refractivity contribution is -0.113. The van der Waals surface area contributed by atoms with Crippen LogP contribution in [0.2, 0.25) is 0 Å². The second-order valence-electron chi connectivity index (χ2n) is 3.81. The molecule has 100 valence electrons. The summed E-state index contributed by atoms with van der Waals surface area (Å²) in [7, 11) is 1.63. The molecule has 0 bridgehead atoms. The third-order valence-corrected chi connectivity index (χ3v) is 4.18. The summed E-state index contributed by atoms with van der Waals surface area (Å²) in [4.78, 5) is 17.0. The summed E-state index contributed by atoms with van der Waals surface area (Å²) in [5.41, 5.74) is 0.920. The Balaban J connectivity index is 1.82. The number of amides is 1. The fraction of sp³-hybridized carbons (Fsp3) is 0.231. The third kappa shape index (κ3) is 4.25. The first-order valence-electron chi connectivity index (χ1n) is 5.66. The van der Waals surface area contributed by atoms with Crippen molar-refractivity contribution in [1.82, 2.24) is 4.98 Å². The molecule has 0 aliphatic carbocycles. The van der Waals surface area contributed by atoms with Crippen LogP contribution in [0.1, 0.15) is 5.69 Å². The molecule has 0 spiro atoms. The van der Waals surface area contributed by atoms with Gasteiger partial charge in [-0.2, -0.15) is 0 Å². The van der Waals surface area contributed by atoms with E-state index in [1.807, 2.05) is 36.6 Å². The Hall–Kier alpha value is -1.53. The number of nitrogens with one attached hydrogen (secondary N) is 1. The number of carbonyl (C=O) groups excluding carboxylic acids is 1. The van der Waals surface area contributed by atoms with Gasteiger partial charge in [0.05, 0.1) is 18.6 Å². The summed E-state index contributed by atoms with van der Waals surface area (Å²) >= 11 is 2.92. The summed E-state index contributed by atoms with van der Waals surface area (Å²) in [5, 5.41) is 5.34. The smallest absolute Gasteiger partial charge is 0.236 e. The minimum atomic E-state index is -0.0461. The summed E-state index contributed by atoms with van der Waals surface area (Å²) in [6, 6.07) is 7.63. The van der Waals surface area contributed by atoms with Crippen LogP contribution in [0.15, 0.2) is 34.5 Å². The van der Waals surface area contributed by atoms with Gasteiger partial charge in [-0.1, -0.05) is 0 Å². The maximum atomic E-state index is 11.7. The van der Waals surface area contributed by atoms with Crippen molar-refractivity contribution < 1.29 is 9.53 Å². The first-order chi connectivity index (χ1) is 9.17. The maximum absolute atomic E-state index is 11.7. The average Bonchev–Trinajstić information content (AvgIpc) is 2.82. The number of methoxy groups -OCH3 is 1. The zero-order valence-electron chi connectivity index (χ0n) is 10.7. The highest BCUT2D eigenvalue weighted by atomic mass is 32.2. The van der Waals surface area contributed by atoms with Gasteiger partial charge in [-0.25, -0.2) is 4.98 Å². The van der Waals surface area contributed by atoms with Crippen LogP contribution >= 0.6 is 23.1 Å². The van der Waals surface area contributed by atoms with E-state index in [4.69, 9.17) is 4.74 Å². The van der Waals surface area contributed by atoms with Gasteiger partial charge in [0.2, 0.25) is 5.91 Å². The highest BCUT2D eigenvalue weighted by Crippen LogP contribution is 2.22. The lowest BCUT2D eigenvalue weighted by atomic mass is 10.3. The van der Waals surface area contributed by atoms with Gasteiger partial charge < -0.3 is 10.1 Å². The van der Waals surface area contributed by atoms with E-state index >= 15 is 0 Å². The molecular weight excluding hydrogens is 280 g/mol. The number of thiazole rings is 1. The molecule has 0 saturated heterocycles. The van der Waals surface area contributed by atoms with Crippen LogP contribution in [-0.2, 0) is 4.79 Å². The Kier molecular flexibility index (Phi) is 4.81. The van der Waals surface area contributed by atoms with Crippen LogP contribution < -0.4 is 10.1 Å². The molecule has 1 aromatic carbocycles. The molecule has 1 aromatic heterocycles. The molecule has 4 nitrogen and oxygen atoms in total. The number of carbonyl (C=O) groups is 1. The van der Waals surface area contributed by atoms with Crippen LogP contribution in [-0.4, -0.2) is 23.8 Å². The third-order valence-electron chi connectivity index (χ3n) is 2.29. The van der Waals surface area contributed by atoms with E-state index in [-0.39, 0.29) is 5.91 Å². The van der Waals surface area contributed by atoms with Crippen molar-refractivity contribution in [1.29, 1.82) is 0 Å². The minimum Gasteiger partial charge on any atom is -0.497 e. The summed E-state index contributed by atoms with van der Waals surface area (Å²) in [6.45, 7) is 1.90. The van der Waals surface area contributed by atoms with Crippen molar-refractivity contribution in [2.24, 2.45) is 0 Å². The van der Waals surface area contributed by atoms with Crippen molar-refractivity contribution in [2.75, 3.05) is 18.2 Å². The van der Waals surface area contributed by atoms with Gasteiger partial charge >= 0.3 is 0 Å². The summed E-state index contributed by atoms with van der Waals surface area (Å²) in [6.07, 6.45) is 0. The highest BCUT2D eigenvalue weighted by Gasteiger charge is 2.06. The van der Waals surface area contributed by atoms with E-state index in [0.29, 0.717) is 10.9 Å². The second kappa shape index (κ2) is 6.58. The number of aryl methyl sites for hydroxylation is 1. The molecule has 0 unspecified atom stereocenters. The van der Waals surface area contributed by atoms with Gasteiger partial charge in [0.1, 0.15) is 5.75 Å². The zero-order chi connectivity index (χ0) is 13.7. The lowest BCUT2D eigenvalue weighted by Crippen LogP contribution is -2.13. The molecule has 0 saturated carbocycles. The van der Waals surface area contributed by atoms with Gasteiger partial charge in [0.15, 0.2) is 5.13 Å². The van der Waals surface area contributed by atoms with E-state index in [1.165, 1.54) is 23.1 Å². The van der Waals surface area contributed by atoms with Crippen molar-refractivity contribution in [3.63, 3.8) is 0 Å². The molecule has 0 fully saturated rings. The topological polar surface area (TPSA) is 51.2 Å². The van der Waals surface area contributed by atoms with Gasteiger partial charge in [-0.05, 0) is 31.2 Å². The predicted molar refractivity (Wildman–Crippen MR) is 79.2 cm³/mol. The molecular formula is C13H14N2O2S2. The number of hydrogen-bond acceptors (Lipinski definition) is 5. The number of nitrogens with zero attached hydrogens (tertiary/aromatic N) is 1. The van der Waals surface area contributed by atoms with E-state index in [2.05, 4.69) is 10.3 Å². The fourth-order valence-corrected chi connectivity index (χ4v) is 2.79. The van der Waals surface area contributed by atoms with E-state index in [9.17, 15) is 4.79 Å². The number of ether oxygens (including phenoxy) is 1. The zero-order valence-corrected chi connectivity index (χ0v) is 12.3. The van der Waals surface area contributed by atoms with Crippen molar-refractivity contribution in [3.8, 4) is 5.75 Å². The molecule has 0 radical (unpaired) electrons. The van der Waals surface area contributed by atoms with E-state index in [0.717, 1.165) is 16.3 Å². The van der Waals surface area contributed by atoms with Crippen molar-refractivity contribution >= 4 is 34.1 Å². The number of rotatable bonds is 5. The number of benzene rings is 1. The molecule has 2 rings (SSSR count). The Morgan fingerprint density at radius 2 is 2.16 bits per heavy atom. The molecule has 1 amide bonds. The average molecular weight is 294 g/mol. The summed E-state index contributed by atoms with van der Waals surface area (Å²) in [5.74, 6) is 1.13. The quantitative estimate of drug-likeness (QED) is 0.860. The van der Waals surface area contributed by atoms with Gasteiger partial charge in [0.25, 0.3) is 0 Å². The van der Waals surface area contributed by atoms with Crippen LogP contribution in [0.25, 0.3) is 0 Å². The Morgan fingerprint density at radius 1 is 1.42 bits per heavy atom. The molecule has 0 atom stereocenters. The minimum absolute atomic E-state index is 0.0461. The molecule has 2 aromatic rings. The first kappa shape index (κ1) is 13.9. The molecule has 0 aliphatic rings. The van der Waals surface area contributed by atoms with Gasteiger partial charge in [0, 0.05) is 10.3 Å². The van der Waals surface area contributed by atoms with Gasteiger partial charge in [-0.3, -0.25) is 4.79 Å². The van der Waals surface area contributed by atoms with Crippen LogP contribution in [0, 0.1) is 6.92 Å². The SMILES string of the molecule is COc1ccc(SCC(=O)Nc2nc(C)cs2)cc1. The van der Waals surface area contributed by atoms with Crippen LogP contribution in [0.3, 0.4) is 0 Å². The van der Waals surface area contributed by atoms with E-state index in [1.54, 1.807) is 7.11 Å². The Bertz CT molecular complexity index is 552. The molecule has 1 heterocycles. The van der Waals surface area contributed by atoms with Crippen LogP contribution in [0.5, 0.6) is 5.75 Å². The van der Waals surface area contributed by atoms with Crippen LogP contribution in [0.4, 0.5) is 5.13 Å². The van der Waals surface area contributed by atoms with Crippen molar-refractivity contribution in [2.45, 2.75) is 11.8 Å². The Morgan fingerprint density at radius 3 is 2.74 bits per heavy atom. The molecule has 0 aliphatic heterocycles. The number of hydrogen-bond donors (Lipinski definition) is 1. The Labute approximate surface area is 120 Å². The highest BCUT2D eigenvalue weighted by molar-refractivity contribution is 8.00. The summed E-state index contributed by atoms with van der Waals surface area (Å²) < 4.78 is 5.08. The largest absolute Gasteiger partial charge is 0.497 e. The number of thioether (sulfide) groups is 1. The fourth-order valence-electron chi connectivity index (χ4n) is 1.39. The first-order valence-corrected chi connectivity index (χ1v) is 7.53. The molecule has 1 N–H and O–H groups in total.